The fourth-order valence-electron chi connectivity index (χ4n) is 6.84. The molecule has 3 aliphatic rings. The van der Waals surface area contributed by atoms with Crippen molar-refractivity contribution in [2.45, 2.75) is 96.3 Å². The van der Waals surface area contributed by atoms with Gasteiger partial charge in [-0.25, -0.2) is 8.78 Å². The van der Waals surface area contributed by atoms with Gasteiger partial charge in [-0.2, -0.15) is 0 Å². The summed E-state index contributed by atoms with van der Waals surface area (Å²) in [4.78, 5) is 0. The summed E-state index contributed by atoms with van der Waals surface area (Å²) in [6.07, 6.45) is 18.1. The van der Waals surface area contributed by atoms with Crippen LogP contribution in [0.1, 0.15) is 101 Å². The van der Waals surface area contributed by atoms with Crippen molar-refractivity contribution in [1.29, 1.82) is 0 Å². The quantitative estimate of drug-likeness (QED) is 0.409. The number of fused-ring (bicyclic) bond motifs is 1. The van der Waals surface area contributed by atoms with Crippen LogP contribution in [0.5, 0.6) is 0 Å². The van der Waals surface area contributed by atoms with Crippen molar-refractivity contribution < 1.29 is 8.78 Å². The van der Waals surface area contributed by atoms with Crippen LogP contribution in [0, 0.1) is 41.2 Å². The summed E-state index contributed by atoms with van der Waals surface area (Å²) >= 11 is 0. The van der Waals surface area contributed by atoms with Crippen molar-refractivity contribution in [2.75, 3.05) is 0 Å². The lowest BCUT2D eigenvalue weighted by atomic mass is 9.63. The van der Waals surface area contributed by atoms with Crippen LogP contribution in [0.4, 0.5) is 8.78 Å². The molecule has 4 atom stereocenters. The second-order valence-electron chi connectivity index (χ2n) is 10.9. The van der Waals surface area contributed by atoms with Crippen molar-refractivity contribution in [2.24, 2.45) is 29.6 Å². The van der Waals surface area contributed by atoms with Gasteiger partial charge in [-0.15, -0.1) is 6.58 Å². The van der Waals surface area contributed by atoms with E-state index in [0.717, 1.165) is 48.0 Å². The van der Waals surface area contributed by atoms with Gasteiger partial charge in [0, 0.05) is 5.56 Å². The highest BCUT2D eigenvalue weighted by atomic mass is 19.1. The maximum Gasteiger partial charge on any atom is 0.129 e. The van der Waals surface area contributed by atoms with Crippen molar-refractivity contribution in [3.05, 3.63) is 47.5 Å². The van der Waals surface area contributed by atoms with Crippen LogP contribution in [-0.4, -0.2) is 0 Å². The third-order valence-electron chi connectivity index (χ3n) is 8.82. The van der Waals surface area contributed by atoms with E-state index in [4.69, 9.17) is 0 Å². The molecule has 0 spiro atoms. The predicted molar refractivity (Wildman–Crippen MR) is 122 cm³/mol. The molecule has 3 fully saturated rings. The predicted octanol–water partition coefficient (Wildman–Crippen LogP) is 8.60. The molecular formula is C28H40F2. The van der Waals surface area contributed by atoms with Gasteiger partial charge >= 0.3 is 0 Å². The van der Waals surface area contributed by atoms with E-state index >= 15 is 0 Å². The Morgan fingerprint density at radius 2 is 1.43 bits per heavy atom. The summed E-state index contributed by atoms with van der Waals surface area (Å²) in [5.74, 6) is 4.01. The van der Waals surface area contributed by atoms with E-state index in [2.05, 4.69) is 13.5 Å². The van der Waals surface area contributed by atoms with E-state index in [1.807, 2.05) is 0 Å². The first kappa shape index (κ1) is 22.0. The molecule has 0 radical (unpaired) electrons. The molecule has 0 aliphatic heterocycles. The first-order valence-electron chi connectivity index (χ1n) is 12.6. The van der Waals surface area contributed by atoms with Crippen LogP contribution in [0.25, 0.3) is 0 Å². The van der Waals surface area contributed by atoms with Crippen LogP contribution >= 0.6 is 0 Å². The normalized spacial score (nSPS) is 34.4. The van der Waals surface area contributed by atoms with E-state index in [0.29, 0.717) is 5.92 Å². The van der Waals surface area contributed by atoms with Crippen LogP contribution in [0.15, 0.2) is 24.8 Å². The Morgan fingerprint density at radius 3 is 2.13 bits per heavy atom. The number of halogens is 2. The average molecular weight is 415 g/mol. The fraction of sp³-hybridized carbons (Fsp3) is 0.714. The van der Waals surface area contributed by atoms with Gasteiger partial charge < -0.3 is 0 Å². The third-order valence-corrected chi connectivity index (χ3v) is 8.82. The van der Waals surface area contributed by atoms with E-state index in [9.17, 15) is 8.78 Å². The van der Waals surface area contributed by atoms with Gasteiger partial charge in [0.05, 0.1) is 0 Å². The highest BCUT2D eigenvalue weighted by Crippen LogP contribution is 2.49. The Morgan fingerprint density at radius 1 is 0.833 bits per heavy atom. The lowest BCUT2D eigenvalue weighted by Gasteiger charge is -2.43. The van der Waals surface area contributed by atoms with Gasteiger partial charge in [0.1, 0.15) is 11.6 Å². The molecule has 4 unspecified atom stereocenters. The molecule has 3 aliphatic carbocycles. The molecule has 1 aromatic rings. The first-order valence-corrected chi connectivity index (χ1v) is 12.6. The lowest BCUT2D eigenvalue weighted by Crippen LogP contribution is -2.30. The monoisotopic (exact) mass is 414 g/mol. The fourth-order valence-corrected chi connectivity index (χ4v) is 6.84. The summed E-state index contributed by atoms with van der Waals surface area (Å²) in [7, 11) is 0. The molecule has 0 bridgehead atoms. The molecule has 0 heterocycles. The van der Waals surface area contributed by atoms with Gasteiger partial charge in [-0.3, -0.25) is 0 Å². The lowest BCUT2D eigenvalue weighted by molar-refractivity contribution is 0.109. The molecule has 1 aromatic carbocycles. The Kier molecular flexibility index (Phi) is 7.32. The molecular weight excluding hydrogens is 374 g/mol. The summed E-state index contributed by atoms with van der Waals surface area (Å²) in [5.41, 5.74) is 1.04. The SMILES string of the molecule is C=CCc1c(F)cc(C2CCC3CC(CCC4CCC(C)CC4)CCC3C2)cc1F. The molecule has 0 saturated heterocycles. The highest BCUT2D eigenvalue weighted by Gasteiger charge is 2.36. The third kappa shape index (κ3) is 5.17. The zero-order chi connectivity index (χ0) is 21.1. The van der Waals surface area contributed by atoms with Crippen molar-refractivity contribution in [1.82, 2.24) is 0 Å². The number of hydrogen-bond donors (Lipinski definition) is 0. The van der Waals surface area contributed by atoms with Gasteiger partial charge in [0.15, 0.2) is 0 Å². The minimum absolute atomic E-state index is 0.162. The van der Waals surface area contributed by atoms with Crippen LogP contribution in [-0.2, 0) is 6.42 Å². The molecule has 166 valence electrons. The second-order valence-corrected chi connectivity index (χ2v) is 10.9. The Hall–Kier alpha value is -1.18. The molecule has 30 heavy (non-hydrogen) atoms. The van der Waals surface area contributed by atoms with Crippen LogP contribution < -0.4 is 0 Å². The molecule has 0 aromatic heterocycles. The van der Waals surface area contributed by atoms with Gasteiger partial charge in [0.2, 0.25) is 0 Å². The Labute approximate surface area is 182 Å². The average Bonchev–Trinajstić information content (AvgIpc) is 2.75. The topological polar surface area (TPSA) is 0 Å². The number of hydrogen-bond acceptors (Lipinski definition) is 0. The second kappa shape index (κ2) is 9.96. The van der Waals surface area contributed by atoms with Crippen molar-refractivity contribution in [3.63, 3.8) is 0 Å². The van der Waals surface area contributed by atoms with Crippen molar-refractivity contribution in [3.8, 4) is 0 Å². The number of rotatable bonds is 6. The van der Waals surface area contributed by atoms with Crippen LogP contribution in [0.2, 0.25) is 0 Å². The summed E-state index contributed by atoms with van der Waals surface area (Å²) < 4.78 is 28.8. The van der Waals surface area contributed by atoms with E-state index < -0.39 is 11.6 Å². The zero-order valence-electron chi connectivity index (χ0n) is 18.9. The zero-order valence-corrected chi connectivity index (χ0v) is 18.9. The largest absolute Gasteiger partial charge is 0.207 e. The molecule has 0 amide bonds. The smallest absolute Gasteiger partial charge is 0.129 e. The van der Waals surface area contributed by atoms with Gasteiger partial charge in [0.25, 0.3) is 0 Å². The van der Waals surface area contributed by atoms with Crippen molar-refractivity contribution >= 4 is 0 Å². The first-order chi connectivity index (χ1) is 14.5. The Balaban J connectivity index is 1.29. The van der Waals surface area contributed by atoms with E-state index in [1.54, 1.807) is 18.2 Å². The van der Waals surface area contributed by atoms with E-state index in [1.165, 1.54) is 64.2 Å². The molecule has 0 nitrogen and oxygen atoms in total. The molecule has 3 saturated carbocycles. The number of benzene rings is 1. The van der Waals surface area contributed by atoms with Gasteiger partial charge in [-0.1, -0.05) is 57.9 Å². The summed E-state index contributed by atoms with van der Waals surface area (Å²) in [6.45, 7) is 6.02. The maximum absolute atomic E-state index is 14.4. The Bertz CT molecular complexity index is 692. The number of allylic oxidation sites excluding steroid dienone is 1. The minimum atomic E-state index is -0.396. The van der Waals surface area contributed by atoms with Gasteiger partial charge in [-0.05, 0) is 91.7 Å². The van der Waals surface area contributed by atoms with Crippen LogP contribution in [0.3, 0.4) is 0 Å². The van der Waals surface area contributed by atoms with E-state index in [-0.39, 0.29) is 12.0 Å². The molecule has 0 N–H and O–H groups in total. The standard InChI is InChI=1S/C28H40F2/c1-3-4-26-27(29)17-25(18-28(26)30)24-14-13-22-15-21(11-12-23(22)16-24)10-9-20-7-5-19(2)6-8-20/h3,17-24H,1,4-16H2,2H3. The highest BCUT2D eigenvalue weighted by molar-refractivity contribution is 5.30. The molecule has 2 heteroatoms. The maximum atomic E-state index is 14.4. The minimum Gasteiger partial charge on any atom is -0.207 e. The summed E-state index contributed by atoms with van der Waals surface area (Å²) in [5, 5.41) is 0. The summed E-state index contributed by atoms with van der Waals surface area (Å²) in [6, 6.07) is 3.20. The molecule has 4 rings (SSSR count).